The molecule has 1 rings (SSSR count). The lowest BCUT2D eigenvalue weighted by Crippen LogP contribution is -1.97. The van der Waals surface area contributed by atoms with E-state index in [2.05, 4.69) is 15.9 Å². The average molecular weight is 265 g/mol. The molecule has 0 bridgehead atoms. The first-order chi connectivity index (χ1) is 6.61. The van der Waals surface area contributed by atoms with Crippen LogP contribution in [0, 0.1) is 5.82 Å². The van der Waals surface area contributed by atoms with Crippen LogP contribution in [0.2, 0.25) is 0 Å². The van der Waals surface area contributed by atoms with E-state index in [1.165, 1.54) is 13.2 Å². The fourth-order valence-electron chi connectivity index (χ4n) is 1.14. The highest BCUT2D eigenvalue weighted by atomic mass is 79.9. The van der Waals surface area contributed by atoms with E-state index < -0.39 is 5.82 Å². The van der Waals surface area contributed by atoms with Crippen molar-refractivity contribution in [2.75, 3.05) is 13.7 Å². The van der Waals surface area contributed by atoms with Crippen LogP contribution in [0.15, 0.2) is 10.5 Å². The maximum absolute atomic E-state index is 13.3. The van der Waals surface area contributed by atoms with Gasteiger partial charge < -0.3 is 14.9 Å². The molecule has 14 heavy (non-hydrogen) atoms. The van der Waals surface area contributed by atoms with Crippen LogP contribution in [-0.4, -0.2) is 23.9 Å². The normalized spacial score (nSPS) is 10.3. The SMILES string of the molecule is COc1c(O)c(CCO)cc(Br)c1F. The van der Waals surface area contributed by atoms with Crippen LogP contribution in [0.3, 0.4) is 0 Å². The molecule has 1 aromatic rings. The largest absolute Gasteiger partial charge is 0.504 e. The van der Waals surface area contributed by atoms with Crippen molar-refractivity contribution in [3.63, 3.8) is 0 Å². The van der Waals surface area contributed by atoms with Gasteiger partial charge in [0.1, 0.15) is 0 Å². The van der Waals surface area contributed by atoms with Crippen molar-refractivity contribution in [1.29, 1.82) is 0 Å². The number of ether oxygens (including phenoxy) is 1. The number of phenolic OH excluding ortho intramolecular Hbond substituents is 1. The third-order valence-electron chi connectivity index (χ3n) is 1.81. The van der Waals surface area contributed by atoms with E-state index in [0.29, 0.717) is 5.56 Å². The number of aliphatic hydroxyl groups excluding tert-OH is 1. The Balaban J connectivity index is 3.27. The molecule has 0 aliphatic heterocycles. The van der Waals surface area contributed by atoms with E-state index in [1.54, 1.807) is 0 Å². The molecule has 1 aromatic carbocycles. The highest BCUT2D eigenvalue weighted by molar-refractivity contribution is 9.10. The van der Waals surface area contributed by atoms with Gasteiger partial charge in [-0.15, -0.1) is 0 Å². The molecular weight excluding hydrogens is 255 g/mol. The lowest BCUT2D eigenvalue weighted by Gasteiger charge is -2.10. The van der Waals surface area contributed by atoms with E-state index >= 15 is 0 Å². The Kier molecular flexibility index (Phi) is 3.71. The first-order valence-electron chi connectivity index (χ1n) is 3.96. The molecule has 78 valence electrons. The number of benzene rings is 1. The Morgan fingerprint density at radius 3 is 2.71 bits per heavy atom. The number of aliphatic hydroxyl groups is 1. The minimum absolute atomic E-state index is 0.116. The van der Waals surface area contributed by atoms with Crippen molar-refractivity contribution < 1.29 is 19.3 Å². The summed E-state index contributed by atoms with van der Waals surface area (Å²) in [6.07, 6.45) is 0.251. The number of hydrogen-bond donors (Lipinski definition) is 2. The number of hydrogen-bond acceptors (Lipinski definition) is 3. The lowest BCUT2D eigenvalue weighted by atomic mass is 10.1. The number of halogens is 2. The van der Waals surface area contributed by atoms with Crippen LogP contribution in [0.1, 0.15) is 5.56 Å². The minimum Gasteiger partial charge on any atom is -0.504 e. The van der Waals surface area contributed by atoms with Gasteiger partial charge in [0.25, 0.3) is 0 Å². The van der Waals surface area contributed by atoms with E-state index in [-0.39, 0.29) is 29.0 Å². The van der Waals surface area contributed by atoms with Crippen LogP contribution in [-0.2, 0) is 6.42 Å². The molecule has 0 aliphatic carbocycles. The zero-order valence-corrected chi connectivity index (χ0v) is 9.14. The highest BCUT2D eigenvalue weighted by Gasteiger charge is 2.16. The van der Waals surface area contributed by atoms with Crippen molar-refractivity contribution in [3.8, 4) is 11.5 Å². The van der Waals surface area contributed by atoms with E-state index in [4.69, 9.17) is 9.84 Å². The molecule has 0 amide bonds. The predicted molar refractivity (Wildman–Crippen MR) is 53.1 cm³/mol. The van der Waals surface area contributed by atoms with Crippen molar-refractivity contribution in [2.45, 2.75) is 6.42 Å². The van der Waals surface area contributed by atoms with Gasteiger partial charge in [-0.3, -0.25) is 0 Å². The van der Waals surface area contributed by atoms with Crippen molar-refractivity contribution >= 4 is 15.9 Å². The van der Waals surface area contributed by atoms with Gasteiger partial charge in [-0.2, -0.15) is 0 Å². The van der Waals surface area contributed by atoms with Gasteiger partial charge in [0, 0.05) is 12.2 Å². The van der Waals surface area contributed by atoms with E-state index in [1.807, 2.05) is 0 Å². The summed E-state index contributed by atoms with van der Waals surface area (Å²) < 4.78 is 18.2. The van der Waals surface area contributed by atoms with Crippen molar-refractivity contribution in [3.05, 3.63) is 21.9 Å². The summed E-state index contributed by atoms with van der Waals surface area (Å²) in [5.74, 6) is -1.11. The Labute approximate surface area is 89.3 Å². The molecule has 0 radical (unpaired) electrons. The third-order valence-corrected chi connectivity index (χ3v) is 2.39. The zero-order chi connectivity index (χ0) is 10.7. The van der Waals surface area contributed by atoms with Crippen LogP contribution < -0.4 is 4.74 Å². The quantitative estimate of drug-likeness (QED) is 0.876. The van der Waals surface area contributed by atoms with Gasteiger partial charge in [0.15, 0.2) is 17.3 Å². The number of phenols is 1. The topological polar surface area (TPSA) is 49.7 Å². The van der Waals surface area contributed by atoms with Gasteiger partial charge in [0.05, 0.1) is 11.6 Å². The lowest BCUT2D eigenvalue weighted by molar-refractivity contribution is 0.295. The third kappa shape index (κ3) is 1.99. The molecule has 0 unspecified atom stereocenters. The smallest absolute Gasteiger partial charge is 0.198 e. The molecule has 5 heteroatoms. The second kappa shape index (κ2) is 4.61. The van der Waals surface area contributed by atoms with Gasteiger partial charge in [0.2, 0.25) is 0 Å². The molecule has 0 saturated heterocycles. The maximum Gasteiger partial charge on any atom is 0.198 e. The fourth-order valence-corrected chi connectivity index (χ4v) is 1.60. The summed E-state index contributed by atoms with van der Waals surface area (Å²) in [6, 6.07) is 1.42. The standard InChI is InChI=1S/C9H10BrFO3/c1-14-9-7(11)6(10)4-5(2-3-12)8(9)13/h4,12-13H,2-3H2,1H3. The molecule has 0 aliphatic rings. The van der Waals surface area contributed by atoms with Crippen LogP contribution >= 0.6 is 15.9 Å². The Morgan fingerprint density at radius 2 is 2.21 bits per heavy atom. The second-order valence-corrected chi connectivity index (χ2v) is 3.54. The summed E-state index contributed by atoms with van der Waals surface area (Å²) in [5, 5.41) is 18.2. The van der Waals surface area contributed by atoms with Crippen LogP contribution in [0.5, 0.6) is 11.5 Å². The molecule has 0 aromatic heterocycles. The number of methoxy groups -OCH3 is 1. The zero-order valence-electron chi connectivity index (χ0n) is 7.55. The first kappa shape index (κ1) is 11.3. The summed E-state index contributed by atoms with van der Waals surface area (Å²) in [4.78, 5) is 0. The van der Waals surface area contributed by atoms with Gasteiger partial charge in [-0.25, -0.2) is 4.39 Å². The number of rotatable bonds is 3. The fraction of sp³-hybridized carbons (Fsp3) is 0.333. The predicted octanol–water partition coefficient (Wildman–Crippen LogP) is 1.84. The maximum atomic E-state index is 13.3. The summed E-state index contributed by atoms with van der Waals surface area (Å²) >= 11 is 2.99. The van der Waals surface area contributed by atoms with E-state index in [9.17, 15) is 9.50 Å². The molecule has 0 fully saturated rings. The molecule has 2 N–H and O–H groups in total. The molecular formula is C9H10BrFO3. The van der Waals surface area contributed by atoms with Crippen molar-refractivity contribution in [2.24, 2.45) is 0 Å². The second-order valence-electron chi connectivity index (χ2n) is 2.69. The van der Waals surface area contributed by atoms with Gasteiger partial charge in [-0.05, 0) is 28.4 Å². The van der Waals surface area contributed by atoms with Crippen LogP contribution in [0.25, 0.3) is 0 Å². The summed E-state index contributed by atoms with van der Waals surface area (Å²) in [7, 11) is 1.27. The average Bonchev–Trinajstić information content (AvgIpc) is 2.16. The molecule has 0 spiro atoms. The minimum atomic E-state index is -0.647. The van der Waals surface area contributed by atoms with Crippen molar-refractivity contribution in [1.82, 2.24) is 0 Å². The summed E-state index contributed by atoms with van der Waals surface area (Å²) in [6.45, 7) is -0.116. The Hall–Kier alpha value is -0.810. The monoisotopic (exact) mass is 264 g/mol. The highest BCUT2D eigenvalue weighted by Crippen LogP contribution is 2.37. The Bertz CT molecular complexity index is 341. The van der Waals surface area contributed by atoms with Gasteiger partial charge >= 0.3 is 0 Å². The first-order valence-corrected chi connectivity index (χ1v) is 4.75. The molecule has 0 atom stereocenters. The molecule has 0 saturated carbocycles. The molecule has 0 heterocycles. The summed E-state index contributed by atoms with van der Waals surface area (Å²) in [5.41, 5.74) is 0.442. The number of aromatic hydroxyl groups is 1. The Morgan fingerprint density at radius 1 is 1.57 bits per heavy atom. The van der Waals surface area contributed by atoms with E-state index in [0.717, 1.165) is 0 Å². The van der Waals surface area contributed by atoms with Gasteiger partial charge in [-0.1, -0.05) is 0 Å². The molecule has 3 nitrogen and oxygen atoms in total. The van der Waals surface area contributed by atoms with Crippen LogP contribution in [0.4, 0.5) is 4.39 Å².